The monoisotopic (exact) mass is 266 g/mol. The van der Waals surface area contributed by atoms with Crippen LogP contribution in [0.4, 0.5) is 0 Å². The predicted octanol–water partition coefficient (Wildman–Crippen LogP) is 3.52. The van der Waals surface area contributed by atoms with Gasteiger partial charge in [0.2, 0.25) is 0 Å². The van der Waals surface area contributed by atoms with Crippen molar-refractivity contribution in [3.8, 4) is 0 Å². The second-order valence-corrected chi connectivity index (χ2v) is 7.13. The summed E-state index contributed by atoms with van der Waals surface area (Å²) >= 11 is 0. The summed E-state index contributed by atoms with van der Waals surface area (Å²) in [6.07, 6.45) is 8.44. The molecule has 2 nitrogen and oxygen atoms in total. The first-order valence-corrected chi connectivity index (χ1v) is 8.65. The SMILES string of the molecule is CCCNCC1CCCN(C2CCC(C)C(C)C2)C1. The van der Waals surface area contributed by atoms with Crippen molar-refractivity contribution < 1.29 is 0 Å². The molecule has 0 aromatic rings. The quantitative estimate of drug-likeness (QED) is 0.766. The Morgan fingerprint density at radius 3 is 2.68 bits per heavy atom. The zero-order valence-corrected chi connectivity index (χ0v) is 13.3. The minimum absolute atomic E-state index is 0.889. The molecular weight excluding hydrogens is 232 g/mol. The molecular formula is C17H34N2. The molecule has 4 atom stereocenters. The summed E-state index contributed by atoms with van der Waals surface area (Å²) in [5.74, 6) is 2.77. The molecule has 0 amide bonds. The third-order valence-electron chi connectivity index (χ3n) is 5.50. The van der Waals surface area contributed by atoms with Crippen LogP contribution >= 0.6 is 0 Å². The van der Waals surface area contributed by atoms with Gasteiger partial charge in [-0.2, -0.15) is 0 Å². The Balaban J connectivity index is 1.77. The lowest BCUT2D eigenvalue weighted by Crippen LogP contribution is -2.47. The van der Waals surface area contributed by atoms with Gasteiger partial charge in [-0.15, -0.1) is 0 Å². The van der Waals surface area contributed by atoms with Gasteiger partial charge in [0.25, 0.3) is 0 Å². The van der Waals surface area contributed by atoms with Gasteiger partial charge >= 0.3 is 0 Å². The lowest BCUT2D eigenvalue weighted by atomic mass is 9.78. The summed E-state index contributed by atoms with van der Waals surface area (Å²) in [6.45, 7) is 12.3. The van der Waals surface area contributed by atoms with Crippen LogP contribution in [0.3, 0.4) is 0 Å². The molecule has 2 fully saturated rings. The van der Waals surface area contributed by atoms with E-state index < -0.39 is 0 Å². The molecule has 1 aliphatic carbocycles. The van der Waals surface area contributed by atoms with Gasteiger partial charge in [0, 0.05) is 12.6 Å². The van der Waals surface area contributed by atoms with Crippen LogP contribution in [0.2, 0.25) is 0 Å². The van der Waals surface area contributed by atoms with E-state index in [4.69, 9.17) is 0 Å². The van der Waals surface area contributed by atoms with E-state index in [9.17, 15) is 0 Å². The third kappa shape index (κ3) is 4.46. The van der Waals surface area contributed by atoms with Crippen molar-refractivity contribution in [1.29, 1.82) is 0 Å². The number of nitrogens with zero attached hydrogens (tertiary/aromatic N) is 1. The van der Waals surface area contributed by atoms with Crippen LogP contribution in [0.25, 0.3) is 0 Å². The van der Waals surface area contributed by atoms with E-state index in [1.54, 1.807) is 0 Å². The average Bonchev–Trinajstić information content (AvgIpc) is 2.43. The van der Waals surface area contributed by atoms with Gasteiger partial charge in [-0.1, -0.05) is 20.8 Å². The molecule has 2 heteroatoms. The first kappa shape index (κ1) is 15.3. The minimum atomic E-state index is 0.889. The zero-order chi connectivity index (χ0) is 13.7. The van der Waals surface area contributed by atoms with Crippen molar-refractivity contribution in [2.24, 2.45) is 17.8 Å². The zero-order valence-electron chi connectivity index (χ0n) is 13.3. The molecule has 0 aromatic carbocycles. The van der Waals surface area contributed by atoms with Crippen molar-refractivity contribution in [2.75, 3.05) is 26.2 Å². The van der Waals surface area contributed by atoms with E-state index in [1.807, 2.05) is 0 Å². The molecule has 0 spiro atoms. The maximum Gasteiger partial charge on any atom is 0.00981 e. The van der Waals surface area contributed by atoms with Gasteiger partial charge in [-0.05, 0) is 75.9 Å². The fourth-order valence-corrected chi connectivity index (χ4v) is 3.93. The highest BCUT2D eigenvalue weighted by molar-refractivity contribution is 4.85. The summed E-state index contributed by atoms with van der Waals surface area (Å²) in [5.41, 5.74) is 0. The van der Waals surface area contributed by atoms with Crippen LogP contribution in [0, 0.1) is 17.8 Å². The second kappa shape index (κ2) is 7.64. The largest absolute Gasteiger partial charge is 0.316 e. The molecule has 2 aliphatic rings. The van der Waals surface area contributed by atoms with Crippen molar-refractivity contribution >= 4 is 0 Å². The van der Waals surface area contributed by atoms with E-state index in [2.05, 4.69) is 31.0 Å². The molecule has 0 radical (unpaired) electrons. The van der Waals surface area contributed by atoms with Gasteiger partial charge in [0.15, 0.2) is 0 Å². The molecule has 19 heavy (non-hydrogen) atoms. The maximum atomic E-state index is 3.62. The summed E-state index contributed by atoms with van der Waals surface area (Å²) in [5, 5.41) is 3.62. The number of nitrogens with one attached hydrogen (secondary N) is 1. The fourth-order valence-electron chi connectivity index (χ4n) is 3.93. The molecule has 1 N–H and O–H groups in total. The van der Waals surface area contributed by atoms with Gasteiger partial charge < -0.3 is 10.2 Å². The lowest BCUT2D eigenvalue weighted by molar-refractivity contribution is 0.0694. The first-order valence-electron chi connectivity index (χ1n) is 8.65. The summed E-state index contributed by atoms with van der Waals surface area (Å²) < 4.78 is 0. The van der Waals surface area contributed by atoms with Gasteiger partial charge in [-0.3, -0.25) is 0 Å². The summed E-state index contributed by atoms with van der Waals surface area (Å²) in [6, 6.07) is 0.889. The van der Waals surface area contributed by atoms with Crippen LogP contribution in [-0.4, -0.2) is 37.1 Å². The van der Waals surface area contributed by atoms with Crippen LogP contribution < -0.4 is 5.32 Å². The van der Waals surface area contributed by atoms with Crippen molar-refractivity contribution in [1.82, 2.24) is 10.2 Å². The number of hydrogen-bond donors (Lipinski definition) is 1. The third-order valence-corrected chi connectivity index (χ3v) is 5.50. The van der Waals surface area contributed by atoms with E-state index in [0.29, 0.717) is 0 Å². The average molecular weight is 266 g/mol. The van der Waals surface area contributed by atoms with E-state index in [1.165, 1.54) is 64.7 Å². The number of piperidine rings is 1. The van der Waals surface area contributed by atoms with E-state index in [-0.39, 0.29) is 0 Å². The molecule has 1 heterocycles. The van der Waals surface area contributed by atoms with Crippen LogP contribution in [0.15, 0.2) is 0 Å². The molecule has 112 valence electrons. The minimum Gasteiger partial charge on any atom is -0.316 e. The normalized spacial score (nSPS) is 37.4. The number of rotatable bonds is 5. The van der Waals surface area contributed by atoms with Crippen molar-refractivity contribution in [3.63, 3.8) is 0 Å². The molecule has 2 rings (SSSR count). The molecule has 4 unspecified atom stereocenters. The predicted molar refractivity (Wildman–Crippen MR) is 83.4 cm³/mol. The molecule has 1 saturated heterocycles. The summed E-state index contributed by atoms with van der Waals surface area (Å²) in [4.78, 5) is 2.82. The topological polar surface area (TPSA) is 15.3 Å². The Morgan fingerprint density at radius 2 is 1.95 bits per heavy atom. The van der Waals surface area contributed by atoms with Crippen LogP contribution in [0.1, 0.15) is 59.3 Å². The maximum absolute atomic E-state index is 3.62. The molecule has 1 aliphatic heterocycles. The highest BCUT2D eigenvalue weighted by atomic mass is 15.2. The van der Waals surface area contributed by atoms with Gasteiger partial charge in [0.1, 0.15) is 0 Å². The number of hydrogen-bond acceptors (Lipinski definition) is 2. The molecule has 0 aromatic heterocycles. The van der Waals surface area contributed by atoms with E-state index >= 15 is 0 Å². The lowest BCUT2D eigenvalue weighted by Gasteiger charge is -2.43. The van der Waals surface area contributed by atoms with Gasteiger partial charge in [0.05, 0.1) is 0 Å². The summed E-state index contributed by atoms with van der Waals surface area (Å²) in [7, 11) is 0. The Morgan fingerprint density at radius 1 is 1.11 bits per heavy atom. The first-order chi connectivity index (χ1) is 9.20. The Labute approximate surface area is 120 Å². The van der Waals surface area contributed by atoms with Crippen LogP contribution in [0.5, 0.6) is 0 Å². The smallest absolute Gasteiger partial charge is 0.00981 e. The number of likely N-dealkylation sites (tertiary alicyclic amines) is 1. The second-order valence-electron chi connectivity index (χ2n) is 7.13. The van der Waals surface area contributed by atoms with Gasteiger partial charge in [-0.25, -0.2) is 0 Å². The van der Waals surface area contributed by atoms with Crippen molar-refractivity contribution in [2.45, 2.75) is 65.3 Å². The van der Waals surface area contributed by atoms with E-state index in [0.717, 1.165) is 23.8 Å². The highest BCUT2D eigenvalue weighted by Gasteiger charge is 2.31. The van der Waals surface area contributed by atoms with Crippen molar-refractivity contribution in [3.05, 3.63) is 0 Å². The Hall–Kier alpha value is -0.0800. The standard InChI is InChI=1S/C17H34N2/c1-4-9-18-12-16-6-5-10-19(13-16)17-8-7-14(2)15(3)11-17/h14-18H,4-13H2,1-3H3. The van der Waals surface area contributed by atoms with Crippen LogP contribution in [-0.2, 0) is 0 Å². The molecule has 1 saturated carbocycles. The fraction of sp³-hybridized carbons (Fsp3) is 1.00. The Bertz CT molecular complexity index is 254. The highest BCUT2D eigenvalue weighted by Crippen LogP contribution is 2.33. The Kier molecular flexibility index (Phi) is 6.15. The molecule has 0 bridgehead atoms.